The van der Waals surface area contributed by atoms with Crippen molar-refractivity contribution >= 4 is 5.96 Å². The Morgan fingerprint density at radius 3 is 2.79 bits per heavy atom. The molecule has 1 aromatic rings. The van der Waals surface area contributed by atoms with Gasteiger partial charge in [0.05, 0.1) is 32.7 Å². The first kappa shape index (κ1) is 22.5. The monoisotopic (exact) mass is 455 g/mol. The summed E-state index contributed by atoms with van der Waals surface area (Å²) >= 11 is 0. The van der Waals surface area contributed by atoms with Crippen LogP contribution in [0.1, 0.15) is 24.0 Å². The van der Waals surface area contributed by atoms with Gasteiger partial charge in [0.2, 0.25) is 0 Å². The maximum absolute atomic E-state index is 5.29. The average Bonchev–Trinajstić information content (AvgIpc) is 3.50. The van der Waals surface area contributed by atoms with Crippen LogP contribution >= 0.6 is 0 Å². The smallest absolute Gasteiger partial charge is 0.191 e. The van der Waals surface area contributed by atoms with Crippen LogP contribution in [0.5, 0.6) is 0 Å². The number of rotatable bonds is 7. The molecular formula is C25H39N6O2+. The van der Waals surface area contributed by atoms with E-state index in [1.165, 1.54) is 31.5 Å². The number of hydrogen-bond acceptors (Lipinski definition) is 5. The van der Waals surface area contributed by atoms with Crippen molar-refractivity contribution in [1.82, 2.24) is 20.9 Å². The Kier molecular flexibility index (Phi) is 6.24. The van der Waals surface area contributed by atoms with Crippen molar-refractivity contribution in [1.29, 1.82) is 0 Å². The van der Waals surface area contributed by atoms with E-state index < -0.39 is 0 Å². The topological polar surface area (TPSA) is 70.2 Å². The highest BCUT2D eigenvalue weighted by atomic mass is 16.7. The van der Waals surface area contributed by atoms with E-state index in [2.05, 4.69) is 62.5 Å². The molecule has 5 rings (SSSR count). The second-order valence-corrected chi connectivity index (χ2v) is 9.73. The molecule has 1 aromatic carbocycles. The molecule has 33 heavy (non-hydrogen) atoms. The van der Waals surface area contributed by atoms with E-state index in [9.17, 15) is 0 Å². The lowest BCUT2D eigenvalue weighted by molar-refractivity contribution is -0.964. The van der Waals surface area contributed by atoms with Crippen LogP contribution in [0.2, 0.25) is 0 Å². The molecule has 1 spiro atoms. The van der Waals surface area contributed by atoms with Gasteiger partial charge in [-0.3, -0.25) is 4.99 Å². The number of piperidine rings is 1. The molecule has 4 aliphatic heterocycles. The van der Waals surface area contributed by atoms with Crippen molar-refractivity contribution in [3.05, 3.63) is 47.8 Å². The van der Waals surface area contributed by atoms with Crippen molar-refractivity contribution in [2.24, 2.45) is 10.9 Å². The van der Waals surface area contributed by atoms with Gasteiger partial charge in [-0.2, -0.15) is 0 Å². The van der Waals surface area contributed by atoms with E-state index in [-0.39, 0.29) is 11.8 Å². The zero-order chi connectivity index (χ0) is 22.9. The largest absolute Gasteiger partial charge is 0.365 e. The highest BCUT2D eigenvalue weighted by Gasteiger charge is 2.71. The summed E-state index contributed by atoms with van der Waals surface area (Å²) in [5.74, 6) is 1.50. The second kappa shape index (κ2) is 9.16. The third kappa shape index (κ3) is 3.50. The third-order valence-electron chi connectivity index (χ3n) is 8.59. The number of methoxy groups -OCH3 is 2. The predicted molar refractivity (Wildman–Crippen MR) is 129 cm³/mol. The molecular weight excluding hydrogens is 416 g/mol. The number of guanidine groups is 1. The summed E-state index contributed by atoms with van der Waals surface area (Å²) < 4.78 is 11.7. The quantitative estimate of drug-likeness (QED) is 0.248. The van der Waals surface area contributed by atoms with E-state index >= 15 is 0 Å². The second-order valence-electron chi connectivity index (χ2n) is 9.73. The molecule has 2 unspecified atom stereocenters. The Bertz CT molecular complexity index is 893. The Balaban J connectivity index is 1.39. The minimum absolute atomic E-state index is 0.0897. The van der Waals surface area contributed by atoms with Crippen molar-refractivity contribution in [2.75, 3.05) is 60.5 Å². The molecule has 0 radical (unpaired) electrons. The van der Waals surface area contributed by atoms with Gasteiger partial charge < -0.3 is 34.8 Å². The van der Waals surface area contributed by atoms with Crippen molar-refractivity contribution in [2.45, 2.75) is 37.3 Å². The molecule has 2 bridgehead atoms. The van der Waals surface area contributed by atoms with Crippen molar-refractivity contribution < 1.29 is 14.0 Å². The van der Waals surface area contributed by atoms with Crippen LogP contribution in [0.4, 0.5) is 0 Å². The van der Waals surface area contributed by atoms with E-state index in [1.807, 2.05) is 7.05 Å². The average molecular weight is 456 g/mol. The lowest BCUT2D eigenvalue weighted by Gasteiger charge is -2.51. The number of fused-ring (bicyclic) bond motifs is 2. The molecule has 0 saturated carbocycles. The summed E-state index contributed by atoms with van der Waals surface area (Å²) in [5, 5.41) is 10.7. The van der Waals surface area contributed by atoms with E-state index in [1.54, 1.807) is 19.8 Å². The molecule has 2 saturated heterocycles. The lowest BCUT2D eigenvalue weighted by atomic mass is 9.75. The summed E-state index contributed by atoms with van der Waals surface area (Å²) in [6.45, 7) is 6.08. The highest BCUT2D eigenvalue weighted by Crippen LogP contribution is 2.59. The van der Waals surface area contributed by atoms with E-state index in [4.69, 9.17) is 9.47 Å². The number of ether oxygens (including phenoxy) is 2. The Morgan fingerprint density at radius 2 is 2.03 bits per heavy atom. The van der Waals surface area contributed by atoms with Crippen LogP contribution in [-0.4, -0.2) is 88.3 Å². The normalized spacial score (nSPS) is 32.1. The molecule has 180 valence electrons. The number of nitrogens with one attached hydrogen (secondary N) is 3. The molecule has 0 amide bonds. The van der Waals surface area contributed by atoms with Gasteiger partial charge in [-0.15, -0.1) is 0 Å². The zero-order valence-electron chi connectivity index (χ0n) is 20.2. The van der Waals surface area contributed by atoms with Crippen molar-refractivity contribution in [3.63, 3.8) is 0 Å². The first-order valence-corrected chi connectivity index (χ1v) is 12.3. The van der Waals surface area contributed by atoms with E-state index in [0.29, 0.717) is 18.6 Å². The summed E-state index contributed by atoms with van der Waals surface area (Å²) in [5.41, 5.74) is 3.21. The number of nitrogens with zero attached hydrogens (tertiary/aromatic N) is 3. The molecule has 8 nitrogen and oxygen atoms in total. The Morgan fingerprint density at radius 1 is 1.24 bits per heavy atom. The van der Waals surface area contributed by atoms with Crippen LogP contribution in [0.25, 0.3) is 0 Å². The number of quaternary nitrogens is 1. The fourth-order valence-corrected chi connectivity index (χ4v) is 7.20. The molecule has 4 heterocycles. The first-order valence-electron chi connectivity index (χ1n) is 12.3. The molecule has 8 heteroatoms. The maximum Gasteiger partial charge on any atom is 0.191 e. The molecule has 0 aromatic heterocycles. The zero-order valence-corrected chi connectivity index (χ0v) is 20.2. The van der Waals surface area contributed by atoms with E-state index in [0.717, 1.165) is 36.5 Å². The van der Waals surface area contributed by atoms with Gasteiger partial charge in [-0.05, 0) is 12.0 Å². The molecule has 3 N–H and O–H groups in total. The minimum atomic E-state index is -0.291. The standard InChI is InChI=1S/C25H39N6O2/c1-26-24(29-18-22(32-2)33-3)28-12-17-31-15-9-20(10-16-31)25(31)21-7-5-4-6-19(21)8-13-30-14-11-27-23(25)30/h4-7,11,14,20,22-23,27H,8-10,12-13,15-18H2,1-3H3,(H2,26,28,29)/q+1. The van der Waals surface area contributed by atoms with Gasteiger partial charge in [0.1, 0.15) is 0 Å². The SMILES string of the molecule is CN=C(NCC[N+]12CCC(CC1)C21c2ccccc2CCN2C=CNC21)NCC(OC)OC. The number of benzene rings is 1. The number of aliphatic imine (C=N–C) groups is 1. The van der Waals surface area contributed by atoms with Crippen molar-refractivity contribution in [3.8, 4) is 0 Å². The fraction of sp³-hybridized carbons (Fsp3) is 0.640. The van der Waals surface area contributed by atoms with Crippen LogP contribution in [0, 0.1) is 5.92 Å². The summed E-state index contributed by atoms with van der Waals surface area (Å²) in [6.07, 6.45) is 8.20. The maximum atomic E-state index is 5.29. The van der Waals surface area contributed by atoms with Gasteiger partial charge in [0, 0.05) is 64.5 Å². The molecule has 2 atom stereocenters. The Hall–Kier alpha value is -2.29. The van der Waals surface area contributed by atoms with Gasteiger partial charge in [0.15, 0.2) is 24.0 Å². The van der Waals surface area contributed by atoms with Gasteiger partial charge in [-0.1, -0.05) is 24.3 Å². The summed E-state index contributed by atoms with van der Waals surface area (Å²) in [6, 6.07) is 9.26. The first-order chi connectivity index (χ1) is 16.2. The number of hydrogen-bond donors (Lipinski definition) is 3. The molecule has 0 aliphatic carbocycles. The molecule has 2 fully saturated rings. The van der Waals surface area contributed by atoms with Gasteiger partial charge in [0.25, 0.3) is 0 Å². The molecule has 4 aliphatic rings. The Labute approximate surface area is 197 Å². The lowest BCUT2D eigenvalue weighted by Crippen LogP contribution is -2.68. The van der Waals surface area contributed by atoms with Gasteiger partial charge >= 0.3 is 0 Å². The van der Waals surface area contributed by atoms with Crippen LogP contribution in [0.3, 0.4) is 0 Å². The minimum Gasteiger partial charge on any atom is -0.365 e. The van der Waals surface area contributed by atoms with Crippen LogP contribution in [0.15, 0.2) is 41.7 Å². The van der Waals surface area contributed by atoms with Crippen LogP contribution in [-0.2, 0) is 21.4 Å². The fourth-order valence-electron chi connectivity index (χ4n) is 7.20. The predicted octanol–water partition coefficient (Wildman–Crippen LogP) is 1.16. The third-order valence-corrected chi connectivity index (χ3v) is 8.59. The highest BCUT2D eigenvalue weighted by molar-refractivity contribution is 5.79. The van der Waals surface area contributed by atoms with Gasteiger partial charge in [-0.25, -0.2) is 0 Å². The van der Waals surface area contributed by atoms with Crippen LogP contribution < -0.4 is 16.0 Å². The summed E-state index contributed by atoms with van der Waals surface area (Å²) in [7, 11) is 5.12. The summed E-state index contributed by atoms with van der Waals surface area (Å²) in [4.78, 5) is 6.98.